The number of aromatic nitrogens is 4. The van der Waals surface area contributed by atoms with E-state index in [0.29, 0.717) is 21.4 Å². The van der Waals surface area contributed by atoms with Crippen molar-refractivity contribution in [2.45, 2.75) is 43.0 Å². The number of amides is 1. The number of hydrogen-bond donors (Lipinski definition) is 2. The van der Waals surface area contributed by atoms with Crippen molar-refractivity contribution in [2.75, 3.05) is 5.32 Å². The fraction of sp³-hybridized carbons (Fsp3) is 0.286. The highest BCUT2D eigenvalue weighted by atomic mass is 32.2. The number of H-pyrrole nitrogens is 1. The highest BCUT2D eigenvalue weighted by Gasteiger charge is 2.24. The van der Waals surface area contributed by atoms with Gasteiger partial charge in [0.05, 0.1) is 10.8 Å². The molecule has 0 saturated heterocycles. The summed E-state index contributed by atoms with van der Waals surface area (Å²) in [7, 11) is 0. The maximum Gasteiger partial charge on any atom is 0.238 e. The van der Waals surface area contributed by atoms with Crippen molar-refractivity contribution in [3.05, 3.63) is 40.3 Å². The third kappa shape index (κ3) is 3.32. The first kappa shape index (κ1) is 19.0. The second-order valence-corrected chi connectivity index (χ2v) is 9.65. The molecule has 150 valence electrons. The fourth-order valence-electron chi connectivity index (χ4n) is 3.75. The fourth-order valence-corrected chi connectivity index (χ4v) is 5.71. The Morgan fingerprint density at radius 1 is 1.30 bits per heavy atom. The molecule has 1 aromatic carbocycles. The molecule has 1 amide bonds. The number of fused-ring (bicyclic) bond motifs is 4. The van der Waals surface area contributed by atoms with Crippen LogP contribution in [0.3, 0.4) is 0 Å². The minimum absolute atomic E-state index is 0.171. The molecule has 0 bridgehead atoms. The molecule has 30 heavy (non-hydrogen) atoms. The van der Waals surface area contributed by atoms with E-state index >= 15 is 0 Å². The Labute approximate surface area is 180 Å². The Kier molecular flexibility index (Phi) is 4.89. The van der Waals surface area contributed by atoms with Gasteiger partial charge in [0.15, 0.2) is 5.65 Å². The third-order valence-electron chi connectivity index (χ3n) is 5.27. The van der Waals surface area contributed by atoms with Crippen LogP contribution in [0.25, 0.3) is 22.1 Å². The number of hydrogen-bond acceptors (Lipinski definition) is 7. The summed E-state index contributed by atoms with van der Waals surface area (Å²) < 4.78 is 0. The van der Waals surface area contributed by atoms with Crippen LogP contribution in [0.4, 0.5) is 5.00 Å². The number of thioether (sulfide) groups is 1. The number of para-hydroxylation sites is 1. The molecular formula is C21H18N6OS2. The second kappa shape index (κ2) is 7.70. The highest BCUT2D eigenvalue weighted by molar-refractivity contribution is 8.00. The summed E-state index contributed by atoms with van der Waals surface area (Å²) in [4.78, 5) is 21.8. The van der Waals surface area contributed by atoms with Gasteiger partial charge >= 0.3 is 0 Å². The van der Waals surface area contributed by atoms with E-state index < -0.39 is 5.25 Å². The molecule has 0 fully saturated rings. The highest BCUT2D eigenvalue weighted by Crippen LogP contribution is 2.38. The first-order chi connectivity index (χ1) is 14.6. The minimum Gasteiger partial charge on any atom is -0.338 e. The van der Waals surface area contributed by atoms with Crippen molar-refractivity contribution < 1.29 is 4.79 Å². The quantitative estimate of drug-likeness (QED) is 0.460. The van der Waals surface area contributed by atoms with E-state index in [1.165, 1.54) is 28.0 Å². The number of nitriles is 1. The van der Waals surface area contributed by atoms with Crippen molar-refractivity contribution in [3.8, 4) is 6.07 Å². The van der Waals surface area contributed by atoms with E-state index in [1.807, 2.05) is 24.3 Å². The molecule has 3 heterocycles. The van der Waals surface area contributed by atoms with Gasteiger partial charge in [0.25, 0.3) is 0 Å². The summed E-state index contributed by atoms with van der Waals surface area (Å²) in [6, 6.07) is 10.1. The number of carbonyl (C=O) groups is 1. The van der Waals surface area contributed by atoms with Crippen LogP contribution in [0.5, 0.6) is 0 Å². The van der Waals surface area contributed by atoms with Crippen LogP contribution in [-0.2, 0) is 17.6 Å². The van der Waals surface area contributed by atoms with Crippen LogP contribution in [-0.4, -0.2) is 31.3 Å². The zero-order valence-corrected chi connectivity index (χ0v) is 17.9. The predicted octanol–water partition coefficient (Wildman–Crippen LogP) is 4.44. The lowest BCUT2D eigenvalue weighted by Crippen LogP contribution is -2.22. The average Bonchev–Trinajstić information content (AvgIpc) is 3.30. The zero-order chi connectivity index (χ0) is 20.7. The average molecular weight is 435 g/mol. The molecule has 9 heteroatoms. The summed E-state index contributed by atoms with van der Waals surface area (Å²) in [6.45, 7) is 1.80. The van der Waals surface area contributed by atoms with Gasteiger partial charge in [-0.05, 0) is 44.2 Å². The number of rotatable bonds is 4. The van der Waals surface area contributed by atoms with Crippen LogP contribution in [0, 0.1) is 11.3 Å². The molecule has 5 rings (SSSR count). The monoisotopic (exact) mass is 434 g/mol. The Bertz CT molecular complexity index is 1320. The van der Waals surface area contributed by atoms with E-state index in [-0.39, 0.29) is 5.91 Å². The number of aromatic amines is 1. The maximum absolute atomic E-state index is 12.8. The van der Waals surface area contributed by atoms with Gasteiger partial charge in [-0.2, -0.15) is 5.26 Å². The van der Waals surface area contributed by atoms with Crippen molar-refractivity contribution in [2.24, 2.45) is 0 Å². The number of thiophene rings is 1. The van der Waals surface area contributed by atoms with Gasteiger partial charge in [-0.3, -0.25) is 4.79 Å². The number of benzene rings is 1. The molecule has 0 aliphatic heterocycles. The van der Waals surface area contributed by atoms with Crippen molar-refractivity contribution in [3.63, 3.8) is 0 Å². The Hall–Kier alpha value is -2.96. The molecule has 2 N–H and O–H groups in total. The van der Waals surface area contributed by atoms with Crippen LogP contribution >= 0.6 is 23.1 Å². The maximum atomic E-state index is 12.8. The van der Waals surface area contributed by atoms with Gasteiger partial charge < -0.3 is 10.3 Å². The topological polar surface area (TPSA) is 107 Å². The SMILES string of the molecule is C[C@H](Sc1nnc2c(n1)[nH]c1ccccc12)C(=O)Nc1sc2c(c1C#N)CCCC2. The van der Waals surface area contributed by atoms with Crippen LogP contribution < -0.4 is 5.32 Å². The second-order valence-electron chi connectivity index (χ2n) is 7.24. The molecule has 0 spiro atoms. The van der Waals surface area contributed by atoms with E-state index in [4.69, 9.17) is 0 Å². The Morgan fingerprint density at radius 3 is 3.00 bits per heavy atom. The molecule has 1 aliphatic carbocycles. The first-order valence-corrected chi connectivity index (χ1v) is 11.5. The van der Waals surface area contributed by atoms with Crippen molar-refractivity contribution in [1.29, 1.82) is 5.26 Å². The number of anilines is 1. The molecule has 1 aliphatic rings. The minimum atomic E-state index is -0.431. The van der Waals surface area contributed by atoms with Crippen LogP contribution in [0.1, 0.15) is 35.8 Å². The van der Waals surface area contributed by atoms with Gasteiger partial charge in [-0.1, -0.05) is 30.0 Å². The zero-order valence-electron chi connectivity index (χ0n) is 16.2. The van der Waals surface area contributed by atoms with E-state index in [1.54, 1.807) is 6.92 Å². The molecule has 0 unspecified atom stereocenters. The lowest BCUT2D eigenvalue weighted by Gasteiger charge is -2.10. The van der Waals surface area contributed by atoms with Gasteiger partial charge in [0.2, 0.25) is 11.1 Å². The lowest BCUT2D eigenvalue weighted by molar-refractivity contribution is -0.115. The van der Waals surface area contributed by atoms with Crippen molar-refractivity contribution in [1.82, 2.24) is 20.2 Å². The molecule has 0 saturated carbocycles. The number of aryl methyl sites for hydroxylation is 1. The Balaban J connectivity index is 1.35. The summed E-state index contributed by atoms with van der Waals surface area (Å²) in [5.41, 5.74) is 4.06. The van der Waals surface area contributed by atoms with E-state index in [0.717, 1.165) is 47.7 Å². The van der Waals surface area contributed by atoms with E-state index in [2.05, 4.69) is 31.6 Å². The summed E-state index contributed by atoms with van der Waals surface area (Å²) >= 11 is 2.78. The number of carbonyl (C=O) groups excluding carboxylic acids is 1. The van der Waals surface area contributed by atoms with Gasteiger partial charge in [-0.25, -0.2) is 4.98 Å². The first-order valence-electron chi connectivity index (χ1n) is 9.77. The lowest BCUT2D eigenvalue weighted by atomic mass is 9.96. The van der Waals surface area contributed by atoms with Crippen molar-refractivity contribution >= 4 is 56.1 Å². The summed E-state index contributed by atoms with van der Waals surface area (Å²) in [5.74, 6) is -0.171. The Morgan fingerprint density at radius 2 is 2.13 bits per heavy atom. The standard InChI is InChI=1S/C21H18N6OS2/c1-11(19(28)25-20-14(10-22)12-6-3-5-9-16(12)30-20)29-21-24-18-17(26-27-21)13-7-2-4-8-15(13)23-18/h2,4,7-8,11H,3,5-6,9H2,1H3,(H,25,28)(H,23,24,27)/t11-/m0/s1. The predicted molar refractivity (Wildman–Crippen MR) is 119 cm³/mol. The van der Waals surface area contributed by atoms with Crippen LogP contribution in [0.2, 0.25) is 0 Å². The molecule has 4 aromatic rings. The van der Waals surface area contributed by atoms with Crippen LogP contribution in [0.15, 0.2) is 29.4 Å². The largest absolute Gasteiger partial charge is 0.338 e. The molecule has 3 aromatic heterocycles. The van der Waals surface area contributed by atoms with E-state index in [9.17, 15) is 10.1 Å². The van der Waals surface area contributed by atoms with Gasteiger partial charge in [0.1, 0.15) is 16.6 Å². The summed E-state index contributed by atoms with van der Waals surface area (Å²) in [5, 5.41) is 22.7. The molecular weight excluding hydrogens is 416 g/mol. The third-order valence-corrected chi connectivity index (χ3v) is 7.43. The summed E-state index contributed by atoms with van der Waals surface area (Å²) in [6.07, 6.45) is 4.13. The molecule has 0 radical (unpaired) electrons. The smallest absolute Gasteiger partial charge is 0.238 e. The number of nitrogens with zero attached hydrogens (tertiary/aromatic N) is 4. The number of nitrogens with one attached hydrogen (secondary N) is 2. The molecule has 1 atom stereocenters. The van der Waals surface area contributed by atoms with Gasteiger partial charge in [-0.15, -0.1) is 21.5 Å². The molecule has 7 nitrogen and oxygen atoms in total. The normalized spacial score (nSPS) is 14.4. The van der Waals surface area contributed by atoms with Gasteiger partial charge in [0, 0.05) is 15.8 Å².